The third kappa shape index (κ3) is 4.80. The standard InChI is InChI=1S/C18H19Cl2N3O4/c1-10-4-14(27-22-10)7-17(25)23-9-13(24)6-16(23)18(26)21-8-11-2-3-12(19)5-15(11)20/h2-5,13,16,24H,6-9H2,1H3,(H,21,26). The molecule has 3 rings (SSSR count). The molecule has 9 heteroatoms. The number of amides is 2. The first-order valence-electron chi connectivity index (χ1n) is 8.45. The quantitative estimate of drug-likeness (QED) is 0.785. The fourth-order valence-corrected chi connectivity index (χ4v) is 3.53. The Hall–Kier alpha value is -2.09. The summed E-state index contributed by atoms with van der Waals surface area (Å²) < 4.78 is 5.06. The Morgan fingerprint density at radius 1 is 1.37 bits per heavy atom. The van der Waals surface area contributed by atoms with Crippen LogP contribution in [0, 0.1) is 6.92 Å². The first-order chi connectivity index (χ1) is 12.8. The Morgan fingerprint density at radius 3 is 2.81 bits per heavy atom. The van der Waals surface area contributed by atoms with Crippen molar-refractivity contribution < 1.29 is 19.2 Å². The lowest BCUT2D eigenvalue weighted by atomic mass is 10.1. The first kappa shape index (κ1) is 19.7. The van der Waals surface area contributed by atoms with Crippen LogP contribution in [0.25, 0.3) is 0 Å². The molecular formula is C18H19Cl2N3O4. The van der Waals surface area contributed by atoms with E-state index in [1.807, 2.05) is 0 Å². The summed E-state index contributed by atoms with van der Waals surface area (Å²) in [5.41, 5.74) is 1.39. The number of aromatic nitrogens is 1. The molecule has 2 atom stereocenters. The van der Waals surface area contributed by atoms with Gasteiger partial charge in [-0.25, -0.2) is 0 Å². The molecule has 0 aliphatic carbocycles. The summed E-state index contributed by atoms with van der Waals surface area (Å²) in [6.45, 7) is 2.06. The van der Waals surface area contributed by atoms with E-state index < -0.39 is 12.1 Å². The molecule has 0 bridgehead atoms. The maximum Gasteiger partial charge on any atom is 0.243 e. The predicted octanol–water partition coefficient (Wildman–Crippen LogP) is 2.11. The zero-order chi connectivity index (χ0) is 19.6. The second-order valence-electron chi connectivity index (χ2n) is 6.52. The molecule has 2 heterocycles. The lowest BCUT2D eigenvalue weighted by molar-refractivity contribution is -0.138. The van der Waals surface area contributed by atoms with E-state index in [-0.39, 0.29) is 37.7 Å². The summed E-state index contributed by atoms with van der Waals surface area (Å²) in [6.07, 6.45) is -0.581. The average Bonchev–Trinajstić information content (AvgIpc) is 3.19. The highest BCUT2D eigenvalue weighted by Gasteiger charge is 2.38. The molecule has 2 amide bonds. The zero-order valence-corrected chi connectivity index (χ0v) is 16.1. The van der Waals surface area contributed by atoms with Gasteiger partial charge < -0.3 is 19.8 Å². The fraction of sp³-hybridized carbons (Fsp3) is 0.389. The summed E-state index contributed by atoms with van der Waals surface area (Å²) in [7, 11) is 0. The van der Waals surface area contributed by atoms with Crippen molar-refractivity contribution in [3.63, 3.8) is 0 Å². The average molecular weight is 412 g/mol. The Labute approximate surface area is 166 Å². The number of nitrogens with one attached hydrogen (secondary N) is 1. The van der Waals surface area contributed by atoms with E-state index in [1.165, 1.54) is 4.90 Å². The maximum absolute atomic E-state index is 12.6. The number of carbonyl (C=O) groups is 2. The molecule has 0 saturated carbocycles. The summed E-state index contributed by atoms with van der Waals surface area (Å²) in [4.78, 5) is 26.5. The first-order valence-corrected chi connectivity index (χ1v) is 9.20. The van der Waals surface area contributed by atoms with Gasteiger partial charge in [0.25, 0.3) is 0 Å². The van der Waals surface area contributed by atoms with Gasteiger partial charge in [0.2, 0.25) is 11.8 Å². The van der Waals surface area contributed by atoms with Crippen LogP contribution in [0.15, 0.2) is 28.8 Å². The molecule has 1 aromatic carbocycles. The third-order valence-corrected chi connectivity index (χ3v) is 4.96. The van der Waals surface area contributed by atoms with Crippen LogP contribution in [0.2, 0.25) is 10.0 Å². The van der Waals surface area contributed by atoms with E-state index in [0.29, 0.717) is 27.1 Å². The number of carbonyl (C=O) groups excluding carboxylic acids is 2. The van der Waals surface area contributed by atoms with Crippen molar-refractivity contribution in [2.45, 2.75) is 38.5 Å². The van der Waals surface area contributed by atoms with Crippen molar-refractivity contribution in [3.05, 3.63) is 51.3 Å². The second-order valence-corrected chi connectivity index (χ2v) is 7.36. The maximum atomic E-state index is 12.6. The Bertz CT molecular complexity index is 855. The largest absolute Gasteiger partial charge is 0.391 e. The molecule has 0 radical (unpaired) electrons. The molecule has 1 saturated heterocycles. The molecule has 7 nitrogen and oxygen atoms in total. The zero-order valence-electron chi connectivity index (χ0n) is 14.6. The van der Waals surface area contributed by atoms with Gasteiger partial charge in [-0.3, -0.25) is 9.59 Å². The van der Waals surface area contributed by atoms with Crippen molar-refractivity contribution in [1.29, 1.82) is 0 Å². The minimum absolute atomic E-state index is 0.0135. The van der Waals surface area contributed by atoms with Gasteiger partial charge in [0.05, 0.1) is 18.2 Å². The highest BCUT2D eigenvalue weighted by molar-refractivity contribution is 6.35. The van der Waals surface area contributed by atoms with Crippen molar-refractivity contribution >= 4 is 35.0 Å². The van der Waals surface area contributed by atoms with E-state index in [0.717, 1.165) is 0 Å². The molecule has 2 unspecified atom stereocenters. The Morgan fingerprint density at radius 2 is 2.15 bits per heavy atom. The van der Waals surface area contributed by atoms with E-state index in [4.69, 9.17) is 27.7 Å². The predicted molar refractivity (Wildman–Crippen MR) is 99.4 cm³/mol. The smallest absolute Gasteiger partial charge is 0.243 e. The number of aliphatic hydroxyl groups excluding tert-OH is 1. The summed E-state index contributed by atoms with van der Waals surface area (Å²) in [5, 5.41) is 17.4. The number of likely N-dealkylation sites (tertiary alicyclic amines) is 1. The van der Waals surface area contributed by atoms with Gasteiger partial charge in [0, 0.05) is 35.6 Å². The number of hydrogen-bond donors (Lipinski definition) is 2. The van der Waals surface area contributed by atoms with Gasteiger partial charge in [0.1, 0.15) is 11.8 Å². The molecular weight excluding hydrogens is 393 g/mol. The normalized spacial score (nSPS) is 19.3. The van der Waals surface area contributed by atoms with Gasteiger partial charge in [-0.2, -0.15) is 0 Å². The molecule has 144 valence electrons. The summed E-state index contributed by atoms with van der Waals surface area (Å²) in [6, 6.07) is 5.93. The van der Waals surface area contributed by atoms with Crippen molar-refractivity contribution in [1.82, 2.24) is 15.4 Å². The van der Waals surface area contributed by atoms with Crippen LogP contribution in [-0.2, 0) is 22.6 Å². The van der Waals surface area contributed by atoms with Crippen molar-refractivity contribution in [2.75, 3.05) is 6.54 Å². The number of rotatable bonds is 5. The lowest BCUT2D eigenvalue weighted by Gasteiger charge is -2.23. The number of aryl methyl sites for hydroxylation is 1. The van der Waals surface area contributed by atoms with E-state index in [9.17, 15) is 14.7 Å². The van der Waals surface area contributed by atoms with Crippen molar-refractivity contribution in [3.8, 4) is 0 Å². The molecule has 1 fully saturated rings. The molecule has 1 aliphatic rings. The van der Waals surface area contributed by atoms with E-state index in [1.54, 1.807) is 31.2 Å². The molecule has 27 heavy (non-hydrogen) atoms. The molecule has 1 aromatic heterocycles. The number of aliphatic hydroxyl groups is 1. The van der Waals surface area contributed by atoms with Gasteiger partial charge in [-0.1, -0.05) is 34.4 Å². The van der Waals surface area contributed by atoms with Crippen molar-refractivity contribution in [2.24, 2.45) is 0 Å². The van der Waals surface area contributed by atoms with Crippen LogP contribution in [-0.4, -0.2) is 45.7 Å². The molecule has 1 aliphatic heterocycles. The van der Waals surface area contributed by atoms with Gasteiger partial charge in [-0.15, -0.1) is 0 Å². The number of benzene rings is 1. The van der Waals surface area contributed by atoms with Gasteiger partial charge in [-0.05, 0) is 24.6 Å². The van der Waals surface area contributed by atoms with Crippen LogP contribution in [0.4, 0.5) is 0 Å². The van der Waals surface area contributed by atoms with Crippen LogP contribution in [0.1, 0.15) is 23.4 Å². The Balaban J connectivity index is 1.63. The lowest BCUT2D eigenvalue weighted by Crippen LogP contribution is -2.46. The number of β-amino-alcohol motifs (C(OH)–C–C–N with tert-alkyl or cyclic N) is 1. The molecule has 2 aromatic rings. The van der Waals surface area contributed by atoms with Gasteiger partial charge >= 0.3 is 0 Å². The molecule has 0 spiro atoms. The topological polar surface area (TPSA) is 95.7 Å². The number of halogens is 2. The third-order valence-electron chi connectivity index (χ3n) is 4.37. The number of nitrogens with zero attached hydrogens (tertiary/aromatic N) is 2. The van der Waals surface area contributed by atoms with Crippen LogP contribution < -0.4 is 5.32 Å². The van der Waals surface area contributed by atoms with Crippen LogP contribution in [0.3, 0.4) is 0 Å². The fourth-order valence-electron chi connectivity index (χ4n) is 3.05. The van der Waals surface area contributed by atoms with Gasteiger partial charge in [0.15, 0.2) is 0 Å². The van der Waals surface area contributed by atoms with E-state index >= 15 is 0 Å². The Kier molecular flexibility index (Phi) is 6.04. The SMILES string of the molecule is Cc1cc(CC(=O)N2CC(O)CC2C(=O)NCc2ccc(Cl)cc2Cl)on1. The van der Waals surface area contributed by atoms with Crippen LogP contribution >= 0.6 is 23.2 Å². The van der Waals surface area contributed by atoms with E-state index in [2.05, 4.69) is 10.5 Å². The summed E-state index contributed by atoms with van der Waals surface area (Å²) >= 11 is 12.0. The minimum atomic E-state index is -0.750. The highest BCUT2D eigenvalue weighted by atomic mass is 35.5. The second kappa shape index (κ2) is 8.29. The highest BCUT2D eigenvalue weighted by Crippen LogP contribution is 2.22. The van der Waals surface area contributed by atoms with Crippen LogP contribution in [0.5, 0.6) is 0 Å². The summed E-state index contributed by atoms with van der Waals surface area (Å²) in [5.74, 6) is -0.224. The number of hydrogen-bond acceptors (Lipinski definition) is 5. The monoisotopic (exact) mass is 411 g/mol. The minimum Gasteiger partial charge on any atom is -0.391 e. The molecule has 2 N–H and O–H groups in total.